The van der Waals surface area contributed by atoms with E-state index in [9.17, 15) is 0 Å². The molecule has 1 nitrogen and oxygen atoms in total. The van der Waals surface area contributed by atoms with Crippen LogP contribution in [0.2, 0.25) is 42.8 Å². The minimum atomic E-state index is -4.00. The molecular formula is C42H37FeNP2. The van der Waals surface area contributed by atoms with E-state index in [1.165, 1.54) is 54.8 Å². The van der Waals surface area contributed by atoms with E-state index in [1.54, 1.807) is 10.6 Å². The quantitative estimate of drug-likeness (QED) is 0.111. The Balaban J connectivity index is 1.03. The predicted molar refractivity (Wildman–Crippen MR) is 192 cm³/mol. The van der Waals surface area contributed by atoms with E-state index in [0.717, 1.165) is 0 Å². The van der Waals surface area contributed by atoms with Crippen LogP contribution in [-0.4, -0.2) is 10.1 Å². The van der Waals surface area contributed by atoms with Crippen LogP contribution in [0.3, 0.4) is 0 Å². The zero-order valence-corrected chi connectivity index (χ0v) is 28.7. The Kier molecular flexibility index (Phi) is 2.18. The number of benzene rings is 5. The summed E-state index contributed by atoms with van der Waals surface area (Å²) >= 11 is 0. The fourth-order valence-electron chi connectivity index (χ4n) is 22.9. The van der Waals surface area contributed by atoms with Crippen LogP contribution in [0.1, 0.15) is 6.92 Å². The molecule has 4 unspecified atom stereocenters. The van der Waals surface area contributed by atoms with E-state index >= 15 is 0 Å². The van der Waals surface area contributed by atoms with Crippen LogP contribution in [0.4, 0.5) is 5.69 Å². The first kappa shape index (κ1) is 23.6. The summed E-state index contributed by atoms with van der Waals surface area (Å²) in [4.78, 5) is 9.78. The van der Waals surface area contributed by atoms with Crippen LogP contribution in [0.15, 0.2) is 152 Å². The van der Waals surface area contributed by atoms with E-state index in [1.807, 2.05) is 0 Å². The molecule has 5 aromatic rings. The van der Waals surface area contributed by atoms with Crippen molar-refractivity contribution in [3.8, 4) is 0 Å². The first-order chi connectivity index (χ1) is 22.5. The Morgan fingerprint density at radius 1 is 0.500 bits per heavy atom. The van der Waals surface area contributed by atoms with Crippen molar-refractivity contribution < 1.29 is 6.51 Å². The van der Waals surface area contributed by atoms with Crippen molar-refractivity contribution in [2.24, 2.45) is 0 Å². The van der Waals surface area contributed by atoms with Crippen LogP contribution >= 0.6 is 16.0 Å². The zero-order chi connectivity index (χ0) is 29.8. The first-order valence-corrected chi connectivity index (χ1v) is 26.2. The molecule has 10 aliphatic heterocycles. The zero-order valence-electron chi connectivity index (χ0n) is 25.8. The minimum absolute atomic E-state index is 0.390. The molecule has 0 saturated carbocycles. The second-order valence-corrected chi connectivity index (χ2v) is 46.3. The summed E-state index contributed by atoms with van der Waals surface area (Å²) in [6.07, 6.45) is 0. The van der Waals surface area contributed by atoms with Crippen molar-refractivity contribution in [1.82, 2.24) is 0 Å². The molecule has 0 aromatic heterocycles. The van der Waals surface area contributed by atoms with Crippen molar-refractivity contribution in [3.05, 3.63) is 152 Å². The molecule has 0 radical (unpaired) electrons. The second kappa shape index (κ2) is 4.24. The van der Waals surface area contributed by atoms with Gasteiger partial charge in [0.05, 0.1) is 0 Å². The van der Waals surface area contributed by atoms with Gasteiger partial charge in [0.25, 0.3) is 0 Å². The molecule has 10 fully saturated rings. The summed E-state index contributed by atoms with van der Waals surface area (Å²) in [7, 11) is -1.12. The van der Waals surface area contributed by atoms with Gasteiger partial charge in [0.2, 0.25) is 0 Å². The molecule has 1 spiro atoms. The van der Waals surface area contributed by atoms with Crippen LogP contribution < -0.4 is 25.9 Å². The summed E-state index contributed by atoms with van der Waals surface area (Å²) in [6.45, 7) is -1.20. The molecule has 5 aromatic carbocycles. The molecule has 10 heterocycles. The number of hydrogen-bond acceptors (Lipinski definition) is 1. The van der Waals surface area contributed by atoms with Gasteiger partial charge in [0, 0.05) is 0 Å². The van der Waals surface area contributed by atoms with E-state index in [0.29, 0.717) is 14.4 Å². The Labute approximate surface area is 264 Å². The third-order valence-corrected chi connectivity index (χ3v) is 74.2. The van der Waals surface area contributed by atoms with Crippen molar-refractivity contribution in [2.45, 2.75) is 59.9 Å². The third kappa shape index (κ3) is 0.723. The molecule has 0 aliphatic carbocycles. The van der Waals surface area contributed by atoms with Crippen molar-refractivity contribution in [1.29, 1.82) is 0 Å². The molecule has 0 bridgehead atoms. The maximum atomic E-state index is 3.08. The predicted octanol–water partition coefficient (Wildman–Crippen LogP) is 9.73. The summed E-state index contributed by atoms with van der Waals surface area (Å²) in [5.41, 5.74) is 1.45. The second-order valence-electron chi connectivity index (χ2n) is 18.1. The van der Waals surface area contributed by atoms with Gasteiger partial charge in [0.15, 0.2) is 0 Å². The Bertz CT molecular complexity index is 2460. The topological polar surface area (TPSA) is 3.24 Å². The molecule has 46 heavy (non-hydrogen) atoms. The number of rotatable bonds is 9. The summed E-state index contributed by atoms with van der Waals surface area (Å²) in [5, 5.41) is 6.38. The van der Waals surface area contributed by atoms with Gasteiger partial charge >= 0.3 is 266 Å². The van der Waals surface area contributed by atoms with Gasteiger partial charge in [-0.15, -0.1) is 0 Å². The number of fused-ring (bicyclic) bond motifs is 10. The van der Waals surface area contributed by atoms with E-state index < -0.39 is 22.5 Å². The Morgan fingerprint density at radius 2 is 0.891 bits per heavy atom. The SMILES string of the molecule is C[C@@H](N(c1ccccc1)P(c1ccccc1)c1ccccc1)[C@@]12[CH]3[CH]4[CH]5[C]1(P(c1ccccc1)c1ccccc1)[Fe]45321678[CH]2[CH]1[CH]6[CH]7[CH]28. The number of anilines is 1. The molecule has 0 amide bonds. The maximum absolute atomic E-state index is 4.00. The fraction of sp³-hybridized carbons (Fsp3) is 0.286. The summed E-state index contributed by atoms with van der Waals surface area (Å²) in [5.74, 6) is 0. The average molecular weight is 674 g/mol. The molecule has 228 valence electrons. The molecular weight excluding hydrogens is 636 g/mol. The summed E-state index contributed by atoms with van der Waals surface area (Å²) < 4.78 is 4.35. The van der Waals surface area contributed by atoms with Crippen LogP contribution in [0.25, 0.3) is 0 Å². The van der Waals surface area contributed by atoms with Crippen LogP contribution in [0, 0.1) is 0 Å². The first-order valence-electron chi connectivity index (χ1n) is 17.4. The third-order valence-electron chi connectivity index (χ3n) is 21.5. The number of para-hydroxylation sites is 1. The van der Waals surface area contributed by atoms with E-state index in [2.05, 4.69) is 163 Å². The molecule has 0 N–H and O–H groups in total. The normalized spacial score (nSPS) is 53.6. The van der Waals surface area contributed by atoms with Crippen LogP contribution in [-0.2, 0) is 6.51 Å². The summed E-state index contributed by atoms with van der Waals surface area (Å²) in [6, 6.07) is 59.6. The van der Waals surface area contributed by atoms with Gasteiger partial charge in [0.1, 0.15) is 0 Å². The fourth-order valence-corrected chi connectivity index (χ4v) is 117. The van der Waals surface area contributed by atoms with Gasteiger partial charge in [-0.25, -0.2) is 0 Å². The van der Waals surface area contributed by atoms with Crippen LogP contribution in [0.5, 0.6) is 0 Å². The van der Waals surface area contributed by atoms with Gasteiger partial charge < -0.3 is 0 Å². The van der Waals surface area contributed by atoms with E-state index in [4.69, 9.17) is 0 Å². The molecule has 15 rings (SSSR count). The Morgan fingerprint density at radius 3 is 1.28 bits per heavy atom. The van der Waals surface area contributed by atoms with Crippen molar-refractivity contribution >= 4 is 42.9 Å². The van der Waals surface area contributed by atoms with E-state index in [-0.39, 0.29) is 0 Å². The van der Waals surface area contributed by atoms with Crippen molar-refractivity contribution in [2.75, 3.05) is 4.67 Å². The molecule has 10 saturated heterocycles. The van der Waals surface area contributed by atoms with Gasteiger partial charge in [-0.2, -0.15) is 0 Å². The van der Waals surface area contributed by atoms with Gasteiger partial charge in [-0.05, 0) is 0 Å². The monoisotopic (exact) mass is 673 g/mol. The standard InChI is InChI=1S/C37H32NP2.C5H5.Fe/c1-30(36-28-17-29-37(36)39(32-20-9-3-10-21-32)33-22-11-4-12-23-33)38(31-18-7-2-8-19-31)40(34-24-13-5-14-25-34)35-26-15-6-16-27-35;1-2-4-5-3-1;/h2-30H,1H3;1-5H;/t30-;;/m1../s1. The molecule has 4 heteroatoms. The number of hydrogen-bond donors (Lipinski definition) is 0. The Hall–Kier alpha value is -2.72. The van der Waals surface area contributed by atoms with Crippen molar-refractivity contribution in [3.63, 3.8) is 0 Å². The van der Waals surface area contributed by atoms with Gasteiger partial charge in [-0.3, -0.25) is 0 Å². The molecule has 6 atom stereocenters. The molecule has 10 aliphatic rings. The van der Waals surface area contributed by atoms with Gasteiger partial charge in [-0.1, -0.05) is 0 Å². The number of nitrogens with zero attached hydrogens (tertiary/aromatic N) is 1. The average Bonchev–Trinajstić information content (AvgIpc) is 4.08.